The van der Waals surface area contributed by atoms with Crippen LogP contribution in [0.15, 0.2) is 18.2 Å². The average molecular weight is 347 g/mol. The number of carbonyl (C=O) groups excluding carboxylic acids is 2. The van der Waals surface area contributed by atoms with Gasteiger partial charge >= 0.3 is 0 Å². The Morgan fingerprint density at radius 1 is 0.920 bits per heavy atom. The van der Waals surface area contributed by atoms with Crippen LogP contribution in [0, 0.1) is 5.41 Å². The molecule has 0 aliphatic carbocycles. The highest BCUT2D eigenvalue weighted by molar-refractivity contribution is 5.85. The van der Waals surface area contributed by atoms with Crippen molar-refractivity contribution >= 4 is 12.6 Å². The normalized spacial score (nSPS) is 14.2. The van der Waals surface area contributed by atoms with Crippen molar-refractivity contribution < 1.29 is 14.7 Å². The molecule has 0 radical (unpaired) electrons. The van der Waals surface area contributed by atoms with Crippen molar-refractivity contribution in [3.8, 4) is 0 Å². The van der Waals surface area contributed by atoms with Crippen molar-refractivity contribution in [2.24, 2.45) is 5.41 Å². The van der Waals surface area contributed by atoms with Crippen molar-refractivity contribution in [1.82, 2.24) is 0 Å². The Morgan fingerprint density at radius 2 is 1.36 bits per heavy atom. The van der Waals surface area contributed by atoms with Crippen molar-refractivity contribution in [3.63, 3.8) is 0 Å². The van der Waals surface area contributed by atoms with Crippen LogP contribution >= 0.6 is 0 Å². The van der Waals surface area contributed by atoms with Gasteiger partial charge in [-0.05, 0) is 33.9 Å². The zero-order valence-electron chi connectivity index (χ0n) is 16.8. The summed E-state index contributed by atoms with van der Waals surface area (Å²) in [4.78, 5) is 23.5. The van der Waals surface area contributed by atoms with Crippen LogP contribution in [0.4, 0.5) is 0 Å². The monoisotopic (exact) mass is 346 g/mol. The fraction of sp³-hybridized carbons (Fsp3) is 0.636. The van der Waals surface area contributed by atoms with E-state index < -0.39 is 11.5 Å². The maximum atomic E-state index is 11.8. The van der Waals surface area contributed by atoms with Crippen LogP contribution in [-0.2, 0) is 20.4 Å². The lowest BCUT2D eigenvalue weighted by Gasteiger charge is -2.31. The first-order valence-corrected chi connectivity index (χ1v) is 9.18. The van der Waals surface area contributed by atoms with Gasteiger partial charge in [0, 0.05) is 0 Å². The quantitative estimate of drug-likeness (QED) is 0.565. The van der Waals surface area contributed by atoms with Gasteiger partial charge in [0.1, 0.15) is 18.0 Å². The van der Waals surface area contributed by atoms with Gasteiger partial charge in [0.15, 0.2) is 0 Å². The third kappa shape index (κ3) is 5.01. The number of aliphatic hydroxyl groups excluding tert-OH is 1. The minimum absolute atomic E-state index is 0.0931. The van der Waals surface area contributed by atoms with Crippen molar-refractivity contribution in [2.75, 3.05) is 0 Å². The summed E-state index contributed by atoms with van der Waals surface area (Å²) in [5.74, 6) is 0. The Morgan fingerprint density at radius 3 is 1.68 bits per heavy atom. The fourth-order valence-electron chi connectivity index (χ4n) is 2.88. The molecule has 1 unspecified atom stereocenters. The number of aldehydes is 2. The molecule has 0 spiro atoms. The molecular formula is C22H34O3. The average Bonchev–Trinajstić information content (AvgIpc) is 2.54. The number of hydrogen-bond donors (Lipinski definition) is 1. The zero-order valence-corrected chi connectivity index (χ0v) is 16.8. The van der Waals surface area contributed by atoms with Gasteiger partial charge < -0.3 is 14.7 Å². The first-order chi connectivity index (χ1) is 11.4. The molecule has 1 atom stereocenters. The van der Waals surface area contributed by atoms with E-state index in [0.717, 1.165) is 24.0 Å². The SMILES string of the molecule is CCCCC(C=O)(C=O)C(O)c1cc(C(C)(C)C)cc(C(C)(C)C)c1. The summed E-state index contributed by atoms with van der Waals surface area (Å²) < 4.78 is 0. The van der Waals surface area contributed by atoms with Gasteiger partial charge in [-0.3, -0.25) is 0 Å². The number of hydrogen-bond acceptors (Lipinski definition) is 3. The van der Waals surface area contributed by atoms with E-state index in [9.17, 15) is 14.7 Å². The third-order valence-electron chi connectivity index (χ3n) is 4.91. The van der Waals surface area contributed by atoms with Gasteiger partial charge in [0.25, 0.3) is 0 Å². The lowest BCUT2D eigenvalue weighted by atomic mass is 9.74. The van der Waals surface area contributed by atoms with E-state index in [2.05, 4.69) is 47.6 Å². The van der Waals surface area contributed by atoms with Gasteiger partial charge in [0.05, 0.1) is 6.10 Å². The summed E-state index contributed by atoms with van der Waals surface area (Å²) >= 11 is 0. The maximum Gasteiger partial charge on any atom is 0.136 e. The topological polar surface area (TPSA) is 54.4 Å². The largest absolute Gasteiger partial charge is 0.387 e. The van der Waals surface area contributed by atoms with E-state index in [-0.39, 0.29) is 10.8 Å². The van der Waals surface area contributed by atoms with Crippen LogP contribution in [0.25, 0.3) is 0 Å². The van der Waals surface area contributed by atoms with Crippen LogP contribution in [0.1, 0.15) is 90.5 Å². The molecule has 1 aromatic carbocycles. The van der Waals surface area contributed by atoms with Gasteiger partial charge in [0.2, 0.25) is 0 Å². The Balaban J connectivity index is 3.52. The Hall–Kier alpha value is -1.48. The number of rotatable bonds is 7. The van der Waals surface area contributed by atoms with E-state index in [0.29, 0.717) is 24.6 Å². The van der Waals surface area contributed by atoms with E-state index >= 15 is 0 Å². The predicted octanol–water partition coefficient (Wildman–Crippen LogP) is 4.89. The summed E-state index contributed by atoms with van der Waals surface area (Å²) in [5.41, 5.74) is 1.27. The highest BCUT2D eigenvalue weighted by atomic mass is 16.3. The second kappa shape index (κ2) is 7.82. The van der Waals surface area contributed by atoms with Crippen molar-refractivity contribution in [2.45, 2.75) is 84.7 Å². The van der Waals surface area contributed by atoms with E-state index in [4.69, 9.17) is 0 Å². The van der Waals surface area contributed by atoms with E-state index in [1.165, 1.54) is 0 Å². The Labute approximate surface area is 152 Å². The molecule has 3 nitrogen and oxygen atoms in total. The summed E-state index contributed by atoms with van der Waals surface area (Å²) in [6.45, 7) is 14.7. The van der Waals surface area contributed by atoms with Gasteiger partial charge in [-0.15, -0.1) is 0 Å². The molecule has 1 aromatic rings. The summed E-state index contributed by atoms with van der Waals surface area (Å²) in [6, 6.07) is 6.03. The van der Waals surface area contributed by atoms with Gasteiger partial charge in [-0.1, -0.05) is 79.5 Å². The molecule has 0 saturated heterocycles. The second-order valence-corrected chi connectivity index (χ2v) is 9.20. The zero-order chi connectivity index (χ0) is 19.5. The highest BCUT2D eigenvalue weighted by Gasteiger charge is 2.39. The number of unbranched alkanes of at least 4 members (excludes halogenated alkanes) is 1. The van der Waals surface area contributed by atoms with Crippen molar-refractivity contribution in [1.29, 1.82) is 0 Å². The molecule has 0 aliphatic heterocycles. The fourth-order valence-corrected chi connectivity index (χ4v) is 2.88. The van der Waals surface area contributed by atoms with Crippen LogP contribution in [0.2, 0.25) is 0 Å². The Bertz CT molecular complexity index is 562. The molecule has 1 rings (SSSR count). The van der Waals surface area contributed by atoms with Gasteiger partial charge in [-0.2, -0.15) is 0 Å². The van der Waals surface area contributed by atoms with Crippen LogP contribution < -0.4 is 0 Å². The van der Waals surface area contributed by atoms with E-state index in [1.54, 1.807) is 0 Å². The second-order valence-electron chi connectivity index (χ2n) is 9.20. The standard InChI is InChI=1S/C22H34O3/c1-8-9-10-22(14-23,15-24)19(25)16-11-17(20(2,3)4)13-18(12-16)21(5,6)7/h11-15,19,25H,8-10H2,1-7H3. The number of carbonyl (C=O) groups is 2. The summed E-state index contributed by atoms with van der Waals surface area (Å²) in [5, 5.41) is 11.0. The predicted molar refractivity (Wildman–Crippen MR) is 103 cm³/mol. The lowest BCUT2D eigenvalue weighted by Crippen LogP contribution is -2.33. The van der Waals surface area contributed by atoms with Gasteiger partial charge in [-0.25, -0.2) is 0 Å². The number of aliphatic hydroxyl groups is 1. The highest BCUT2D eigenvalue weighted by Crippen LogP contribution is 2.39. The first-order valence-electron chi connectivity index (χ1n) is 9.18. The molecule has 25 heavy (non-hydrogen) atoms. The van der Waals surface area contributed by atoms with Crippen LogP contribution in [0.3, 0.4) is 0 Å². The van der Waals surface area contributed by atoms with Crippen LogP contribution in [-0.4, -0.2) is 17.7 Å². The molecule has 0 bridgehead atoms. The van der Waals surface area contributed by atoms with E-state index in [1.807, 2.05) is 19.1 Å². The smallest absolute Gasteiger partial charge is 0.136 e. The molecule has 1 N–H and O–H groups in total. The third-order valence-corrected chi connectivity index (χ3v) is 4.91. The Kier molecular flexibility index (Phi) is 6.74. The molecule has 3 heteroatoms. The summed E-state index contributed by atoms with van der Waals surface area (Å²) in [7, 11) is 0. The molecule has 140 valence electrons. The number of benzene rings is 1. The maximum absolute atomic E-state index is 11.8. The van der Waals surface area contributed by atoms with Crippen LogP contribution in [0.5, 0.6) is 0 Å². The molecule has 0 aliphatic rings. The molecular weight excluding hydrogens is 312 g/mol. The minimum atomic E-state index is -1.37. The summed E-state index contributed by atoms with van der Waals surface area (Å²) in [6.07, 6.45) is 2.08. The first kappa shape index (κ1) is 21.6. The molecule has 0 amide bonds. The molecule has 0 saturated carbocycles. The van der Waals surface area contributed by atoms with Crippen molar-refractivity contribution in [3.05, 3.63) is 34.9 Å². The lowest BCUT2D eigenvalue weighted by molar-refractivity contribution is -0.134. The molecule has 0 aromatic heterocycles. The molecule has 0 fully saturated rings. The molecule has 0 heterocycles. The minimum Gasteiger partial charge on any atom is -0.387 e.